The van der Waals surface area contributed by atoms with Crippen LogP contribution in [0.3, 0.4) is 0 Å². The van der Waals surface area contributed by atoms with Gasteiger partial charge in [-0.2, -0.15) is 4.31 Å². The molecule has 13 nitrogen and oxygen atoms in total. The zero-order valence-electron chi connectivity index (χ0n) is 22.6. The van der Waals surface area contributed by atoms with E-state index in [1.807, 2.05) is 24.0 Å². The summed E-state index contributed by atoms with van der Waals surface area (Å²) in [5.74, 6) is 0.654. The lowest BCUT2D eigenvalue weighted by Crippen LogP contribution is -2.50. The second-order valence-electron chi connectivity index (χ2n) is 9.83. The Balaban J connectivity index is 1.20. The molecule has 2 aromatic heterocycles. The number of nitrogens with one attached hydrogen (secondary N) is 2. The molecule has 0 unspecified atom stereocenters. The molecule has 2 amide bonds. The highest BCUT2D eigenvalue weighted by Crippen LogP contribution is 2.30. The van der Waals surface area contributed by atoms with Crippen molar-refractivity contribution in [3.8, 4) is 0 Å². The van der Waals surface area contributed by atoms with Gasteiger partial charge < -0.3 is 15.0 Å². The number of aryl methyl sites for hydroxylation is 1. The monoisotopic (exact) mass is 588 g/mol. The van der Waals surface area contributed by atoms with Crippen LogP contribution < -0.4 is 10.6 Å². The zero-order chi connectivity index (χ0) is 28.4. The quantitative estimate of drug-likeness (QED) is 0.401. The van der Waals surface area contributed by atoms with Crippen molar-refractivity contribution in [3.63, 3.8) is 0 Å². The van der Waals surface area contributed by atoms with Gasteiger partial charge in [-0.15, -0.1) is 0 Å². The van der Waals surface area contributed by atoms with Gasteiger partial charge in [0.25, 0.3) is 15.9 Å². The molecule has 2 N–H and O–H groups in total. The second-order valence-corrected chi connectivity index (χ2v) is 13.0. The molecule has 1 aromatic carbocycles. The van der Waals surface area contributed by atoms with Gasteiger partial charge in [-0.3, -0.25) is 15.0 Å². The number of methoxy groups -OCH3 is 1. The number of hydrogen-bond donors (Lipinski definition) is 2. The first-order valence-corrected chi connectivity index (χ1v) is 15.3. The van der Waals surface area contributed by atoms with Crippen LogP contribution in [0.15, 0.2) is 28.7 Å². The summed E-state index contributed by atoms with van der Waals surface area (Å²) in [5.41, 5.74) is 1.55. The van der Waals surface area contributed by atoms with E-state index in [9.17, 15) is 18.0 Å². The Morgan fingerprint density at radius 1 is 1.12 bits per heavy atom. The van der Waals surface area contributed by atoms with Gasteiger partial charge in [0.15, 0.2) is 9.34 Å². The highest BCUT2D eigenvalue weighted by atomic mass is 32.2. The van der Waals surface area contributed by atoms with Crippen LogP contribution in [0, 0.1) is 6.92 Å². The molecule has 2 aliphatic heterocycles. The smallest absolute Gasteiger partial charge is 0.413 e. The summed E-state index contributed by atoms with van der Waals surface area (Å²) >= 11 is 0.914. The van der Waals surface area contributed by atoms with E-state index in [2.05, 4.69) is 35.2 Å². The van der Waals surface area contributed by atoms with E-state index in [1.165, 1.54) is 17.7 Å². The SMILES string of the molecule is COC(=O)Nc1nc(C)c(S(=O)(=O)N2CCN(C[C@H](C)Nc3ncnc4c(C(=O)N5CCC5)cccc34)CC2)s1. The number of likely N-dealkylation sites (tertiary alicyclic amines) is 1. The number of fused-ring (bicyclic) bond motifs is 1. The van der Waals surface area contributed by atoms with Crippen LogP contribution in [0.5, 0.6) is 0 Å². The van der Waals surface area contributed by atoms with Gasteiger partial charge in [0.1, 0.15) is 12.1 Å². The molecule has 2 aliphatic rings. The fourth-order valence-corrected chi connectivity index (χ4v) is 7.77. The number of anilines is 2. The lowest BCUT2D eigenvalue weighted by atomic mass is 10.1. The lowest BCUT2D eigenvalue weighted by Gasteiger charge is -2.35. The van der Waals surface area contributed by atoms with Crippen LogP contribution in [-0.2, 0) is 14.8 Å². The van der Waals surface area contributed by atoms with Gasteiger partial charge in [0.05, 0.1) is 23.9 Å². The number of piperazine rings is 1. The number of thiazole rings is 1. The van der Waals surface area contributed by atoms with E-state index in [4.69, 9.17) is 0 Å². The first kappa shape index (κ1) is 28.1. The van der Waals surface area contributed by atoms with Crippen molar-refractivity contribution in [2.24, 2.45) is 0 Å². The molecule has 5 rings (SSSR count). The third kappa shape index (κ3) is 5.73. The van der Waals surface area contributed by atoms with Gasteiger partial charge in [0.2, 0.25) is 0 Å². The van der Waals surface area contributed by atoms with Crippen molar-refractivity contribution in [2.45, 2.75) is 30.5 Å². The van der Waals surface area contributed by atoms with Crippen molar-refractivity contribution in [1.82, 2.24) is 29.1 Å². The maximum Gasteiger partial charge on any atom is 0.413 e. The Morgan fingerprint density at radius 3 is 2.55 bits per heavy atom. The summed E-state index contributed by atoms with van der Waals surface area (Å²) in [6.45, 7) is 7.68. The van der Waals surface area contributed by atoms with Crippen LogP contribution in [0.2, 0.25) is 0 Å². The number of carbonyl (C=O) groups excluding carboxylic acids is 2. The van der Waals surface area contributed by atoms with E-state index in [0.717, 1.165) is 36.2 Å². The summed E-state index contributed by atoms with van der Waals surface area (Å²) in [6, 6.07) is 5.58. The molecule has 3 aromatic rings. The Bertz CT molecular complexity index is 1520. The average molecular weight is 589 g/mol. The summed E-state index contributed by atoms with van der Waals surface area (Å²) in [4.78, 5) is 41.4. The number of nitrogens with zero attached hydrogens (tertiary/aromatic N) is 6. The minimum atomic E-state index is -3.75. The third-order valence-electron chi connectivity index (χ3n) is 7.01. The molecule has 0 bridgehead atoms. The molecule has 0 radical (unpaired) electrons. The highest BCUT2D eigenvalue weighted by Gasteiger charge is 2.32. The largest absolute Gasteiger partial charge is 0.453 e. The molecule has 4 heterocycles. The molecule has 1 atom stereocenters. The van der Waals surface area contributed by atoms with E-state index in [0.29, 0.717) is 55.3 Å². The third-order valence-corrected chi connectivity index (χ3v) is 10.6. The standard InChI is InChI=1S/C25H32N8O5S2/c1-16(28-21-18-6-4-7-19(20(18)26-15-27-21)22(34)32-8-5-9-32)14-31-10-12-33(13-11-31)40(36,37)23-17(2)29-24(39-23)30-25(35)38-3/h4,6-7,15-16H,5,8-14H2,1-3H3,(H,26,27,28)(H,29,30,35)/t16-/m0/s1. The van der Waals surface area contributed by atoms with Crippen molar-refractivity contribution in [3.05, 3.63) is 35.8 Å². The number of benzene rings is 1. The summed E-state index contributed by atoms with van der Waals surface area (Å²) < 4.78 is 32.7. The Morgan fingerprint density at radius 2 is 1.88 bits per heavy atom. The summed E-state index contributed by atoms with van der Waals surface area (Å²) in [5, 5.41) is 6.85. The lowest BCUT2D eigenvalue weighted by molar-refractivity contribution is 0.0653. The maximum atomic E-state index is 13.3. The van der Waals surface area contributed by atoms with Crippen LogP contribution in [-0.4, -0.2) is 108 Å². The van der Waals surface area contributed by atoms with Gasteiger partial charge in [-0.05, 0) is 32.4 Å². The van der Waals surface area contributed by atoms with Crippen molar-refractivity contribution in [2.75, 3.05) is 63.6 Å². The molecule has 214 valence electrons. The molecule has 0 spiro atoms. The van der Waals surface area contributed by atoms with Crippen molar-refractivity contribution >= 4 is 55.2 Å². The minimum absolute atomic E-state index is 0.00620. The van der Waals surface area contributed by atoms with Gasteiger partial charge >= 0.3 is 6.09 Å². The van der Waals surface area contributed by atoms with E-state index >= 15 is 0 Å². The van der Waals surface area contributed by atoms with E-state index < -0.39 is 16.1 Å². The molecular weight excluding hydrogens is 556 g/mol. The molecule has 2 fully saturated rings. The van der Waals surface area contributed by atoms with Crippen LogP contribution >= 0.6 is 11.3 Å². The number of aromatic nitrogens is 3. The summed E-state index contributed by atoms with van der Waals surface area (Å²) in [7, 11) is -2.52. The molecule has 2 saturated heterocycles. The number of ether oxygens (including phenoxy) is 1. The van der Waals surface area contributed by atoms with Crippen molar-refractivity contribution < 1.29 is 22.7 Å². The van der Waals surface area contributed by atoms with Crippen LogP contribution in [0.1, 0.15) is 29.4 Å². The predicted molar refractivity (Wildman–Crippen MR) is 151 cm³/mol. The first-order valence-electron chi connectivity index (χ1n) is 13.0. The number of carbonyl (C=O) groups is 2. The van der Waals surface area contributed by atoms with Crippen LogP contribution in [0.4, 0.5) is 15.7 Å². The van der Waals surface area contributed by atoms with Crippen LogP contribution in [0.25, 0.3) is 10.9 Å². The maximum absolute atomic E-state index is 13.3. The fraction of sp³-hybridized carbons (Fsp3) is 0.480. The van der Waals surface area contributed by atoms with Gasteiger partial charge in [0, 0.05) is 57.2 Å². The van der Waals surface area contributed by atoms with E-state index in [-0.39, 0.29) is 21.3 Å². The fourth-order valence-electron chi connectivity index (χ4n) is 4.81. The number of hydrogen-bond acceptors (Lipinski definition) is 11. The molecule has 0 saturated carbocycles. The Kier molecular flexibility index (Phi) is 8.16. The predicted octanol–water partition coefficient (Wildman–Crippen LogP) is 2.23. The second kappa shape index (κ2) is 11.6. The Labute approximate surface area is 236 Å². The van der Waals surface area contributed by atoms with Crippen molar-refractivity contribution in [1.29, 1.82) is 0 Å². The van der Waals surface area contributed by atoms with Gasteiger partial charge in [-0.1, -0.05) is 17.4 Å². The van der Waals surface area contributed by atoms with E-state index in [1.54, 1.807) is 13.0 Å². The highest BCUT2D eigenvalue weighted by molar-refractivity contribution is 7.91. The number of para-hydroxylation sites is 1. The number of amides is 2. The topological polar surface area (TPSA) is 150 Å². The number of sulfonamides is 1. The summed E-state index contributed by atoms with van der Waals surface area (Å²) in [6.07, 6.45) is 1.79. The minimum Gasteiger partial charge on any atom is -0.453 e. The first-order chi connectivity index (χ1) is 19.2. The number of rotatable bonds is 8. The van der Waals surface area contributed by atoms with Gasteiger partial charge in [-0.25, -0.2) is 28.2 Å². The average Bonchev–Trinajstić information content (AvgIpc) is 3.28. The Hall–Kier alpha value is -3.40. The zero-order valence-corrected chi connectivity index (χ0v) is 24.2. The normalized spacial score (nSPS) is 17.3. The molecule has 40 heavy (non-hydrogen) atoms. The molecule has 0 aliphatic carbocycles. The molecular formula is C25H32N8O5S2. The molecule has 15 heteroatoms.